The fraction of sp³-hybridized carbons (Fsp3) is 0.167. The fourth-order valence-electron chi connectivity index (χ4n) is 2.22. The summed E-state index contributed by atoms with van der Waals surface area (Å²) in [5.74, 6) is -0.949. The van der Waals surface area contributed by atoms with Crippen molar-refractivity contribution in [3.8, 4) is 0 Å². The van der Waals surface area contributed by atoms with E-state index in [1.165, 1.54) is 11.3 Å². The van der Waals surface area contributed by atoms with Crippen molar-refractivity contribution >= 4 is 45.0 Å². The molecule has 0 radical (unpaired) electrons. The van der Waals surface area contributed by atoms with Crippen LogP contribution in [0.5, 0.6) is 0 Å². The number of fused-ring (bicyclic) bond motifs is 1. The van der Waals surface area contributed by atoms with Crippen molar-refractivity contribution in [2.24, 2.45) is 0 Å². The second-order valence-corrected chi connectivity index (χ2v) is 6.88. The molecular weight excluding hydrogens is 360 g/mol. The van der Waals surface area contributed by atoms with E-state index in [0.717, 1.165) is 10.2 Å². The molecule has 1 atom stereocenters. The van der Waals surface area contributed by atoms with Crippen LogP contribution in [0.25, 0.3) is 10.2 Å². The number of carbonyl (C=O) groups excluding carboxylic acids is 2. The Labute approximate surface area is 153 Å². The number of nitrogens with zero attached hydrogens (tertiary/aromatic N) is 1. The van der Waals surface area contributed by atoms with Gasteiger partial charge in [0.15, 0.2) is 0 Å². The molecule has 0 saturated carbocycles. The van der Waals surface area contributed by atoms with Crippen LogP contribution in [0.3, 0.4) is 0 Å². The maximum absolute atomic E-state index is 12.2. The smallest absolute Gasteiger partial charge is 0.328 e. The molecule has 7 heteroatoms. The number of thiazole rings is 1. The van der Waals surface area contributed by atoms with Crippen LogP contribution < -0.4 is 5.32 Å². The van der Waals surface area contributed by atoms with E-state index < -0.39 is 17.9 Å². The molecule has 1 N–H and O–H groups in total. The van der Waals surface area contributed by atoms with Gasteiger partial charge in [0.1, 0.15) is 17.7 Å². The predicted octanol–water partition coefficient (Wildman–Crippen LogP) is 3.81. The Morgan fingerprint density at radius 2 is 1.92 bits per heavy atom. The first-order valence-electron chi connectivity index (χ1n) is 7.61. The van der Waals surface area contributed by atoms with E-state index in [4.69, 9.17) is 16.3 Å². The molecule has 0 aliphatic heterocycles. The zero-order chi connectivity index (χ0) is 17.8. The van der Waals surface area contributed by atoms with Gasteiger partial charge in [-0.25, -0.2) is 9.78 Å². The Bertz CT molecular complexity index is 892. The first-order valence-corrected chi connectivity index (χ1v) is 8.80. The maximum Gasteiger partial charge on any atom is 0.328 e. The van der Waals surface area contributed by atoms with E-state index in [2.05, 4.69) is 10.3 Å². The number of nitrogens with one attached hydrogen (secondary N) is 1. The lowest BCUT2D eigenvalue weighted by molar-refractivity contribution is -0.146. The number of carbonyl (C=O) groups is 2. The quantitative estimate of drug-likeness (QED) is 0.689. The Kier molecular flexibility index (Phi) is 5.31. The van der Waals surface area contributed by atoms with E-state index in [-0.39, 0.29) is 6.61 Å². The molecule has 2 aromatic carbocycles. The highest BCUT2D eigenvalue weighted by Gasteiger charge is 2.19. The Hall–Kier alpha value is -2.44. The van der Waals surface area contributed by atoms with Gasteiger partial charge < -0.3 is 10.1 Å². The van der Waals surface area contributed by atoms with E-state index in [1.807, 2.05) is 24.3 Å². The third-order valence-electron chi connectivity index (χ3n) is 3.50. The highest BCUT2D eigenvalue weighted by atomic mass is 35.5. The third-order valence-corrected chi connectivity index (χ3v) is 4.84. The molecule has 0 saturated heterocycles. The molecule has 1 heterocycles. The zero-order valence-electron chi connectivity index (χ0n) is 13.4. The van der Waals surface area contributed by atoms with Crippen LogP contribution in [0.1, 0.15) is 22.3 Å². The molecule has 1 aromatic heterocycles. The summed E-state index contributed by atoms with van der Waals surface area (Å²) >= 11 is 7.45. The molecule has 3 rings (SSSR count). The summed E-state index contributed by atoms with van der Waals surface area (Å²) in [4.78, 5) is 28.6. The molecule has 0 aliphatic carbocycles. The average molecular weight is 375 g/mol. The second-order valence-electron chi connectivity index (χ2n) is 5.36. The van der Waals surface area contributed by atoms with Crippen molar-refractivity contribution in [3.05, 3.63) is 64.1 Å². The van der Waals surface area contributed by atoms with Crippen molar-refractivity contribution < 1.29 is 14.3 Å². The average Bonchev–Trinajstić information content (AvgIpc) is 3.02. The van der Waals surface area contributed by atoms with Gasteiger partial charge in [-0.2, -0.15) is 0 Å². The van der Waals surface area contributed by atoms with Crippen molar-refractivity contribution in [2.45, 2.75) is 19.6 Å². The van der Waals surface area contributed by atoms with Gasteiger partial charge in [0, 0.05) is 0 Å². The van der Waals surface area contributed by atoms with Gasteiger partial charge in [0.05, 0.1) is 20.8 Å². The van der Waals surface area contributed by atoms with Crippen molar-refractivity contribution in [3.63, 3.8) is 0 Å². The minimum absolute atomic E-state index is 0.0739. The zero-order valence-corrected chi connectivity index (χ0v) is 14.9. The number of para-hydroxylation sites is 1. The Morgan fingerprint density at radius 1 is 1.20 bits per heavy atom. The first kappa shape index (κ1) is 17.4. The SMILES string of the molecule is C[C@H](NC(=O)c1ccccc1Cl)C(=O)OCc1nc2ccccc2s1. The molecule has 25 heavy (non-hydrogen) atoms. The Balaban J connectivity index is 1.57. The lowest BCUT2D eigenvalue weighted by Crippen LogP contribution is -2.39. The van der Waals surface area contributed by atoms with Gasteiger partial charge in [-0.05, 0) is 31.2 Å². The highest BCUT2D eigenvalue weighted by Crippen LogP contribution is 2.22. The van der Waals surface area contributed by atoms with Gasteiger partial charge in [0.2, 0.25) is 0 Å². The number of hydrogen-bond acceptors (Lipinski definition) is 5. The van der Waals surface area contributed by atoms with E-state index in [1.54, 1.807) is 31.2 Å². The van der Waals surface area contributed by atoms with Gasteiger partial charge in [-0.15, -0.1) is 11.3 Å². The number of hydrogen-bond donors (Lipinski definition) is 1. The van der Waals surface area contributed by atoms with E-state index in [0.29, 0.717) is 15.6 Å². The normalized spacial score (nSPS) is 11.9. The summed E-state index contributed by atoms with van der Waals surface area (Å²) in [7, 11) is 0. The number of rotatable bonds is 5. The minimum atomic E-state index is -0.793. The summed E-state index contributed by atoms with van der Waals surface area (Å²) in [5, 5.41) is 3.62. The van der Waals surface area contributed by atoms with E-state index >= 15 is 0 Å². The summed E-state index contributed by atoms with van der Waals surface area (Å²) in [6.45, 7) is 1.64. The molecule has 0 spiro atoms. The molecule has 0 fully saturated rings. The van der Waals surface area contributed by atoms with Crippen molar-refractivity contribution in [2.75, 3.05) is 0 Å². The van der Waals surface area contributed by atoms with Gasteiger partial charge in [0.25, 0.3) is 5.91 Å². The fourth-order valence-corrected chi connectivity index (χ4v) is 3.32. The number of amides is 1. The largest absolute Gasteiger partial charge is 0.457 e. The molecule has 0 aliphatic rings. The molecule has 5 nitrogen and oxygen atoms in total. The first-order chi connectivity index (χ1) is 12.0. The minimum Gasteiger partial charge on any atom is -0.457 e. The van der Waals surface area contributed by atoms with Crippen LogP contribution in [0.4, 0.5) is 0 Å². The topological polar surface area (TPSA) is 68.3 Å². The molecule has 0 bridgehead atoms. The Morgan fingerprint density at radius 3 is 2.68 bits per heavy atom. The molecule has 0 unspecified atom stereocenters. The van der Waals surface area contributed by atoms with Gasteiger partial charge in [-0.3, -0.25) is 4.79 Å². The highest BCUT2D eigenvalue weighted by molar-refractivity contribution is 7.18. The number of benzene rings is 2. The van der Waals surface area contributed by atoms with Crippen molar-refractivity contribution in [1.29, 1.82) is 0 Å². The second kappa shape index (κ2) is 7.63. The van der Waals surface area contributed by atoms with Crippen LogP contribution >= 0.6 is 22.9 Å². The monoisotopic (exact) mass is 374 g/mol. The van der Waals surface area contributed by atoms with Gasteiger partial charge >= 0.3 is 5.97 Å². The molecule has 3 aromatic rings. The summed E-state index contributed by atoms with van der Waals surface area (Å²) < 4.78 is 6.28. The lowest BCUT2D eigenvalue weighted by atomic mass is 10.2. The predicted molar refractivity (Wildman–Crippen MR) is 97.8 cm³/mol. The van der Waals surface area contributed by atoms with Crippen LogP contribution in [-0.2, 0) is 16.1 Å². The molecule has 128 valence electrons. The number of ether oxygens (including phenoxy) is 1. The standard InChI is InChI=1S/C18H15ClN2O3S/c1-11(20-17(22)12-6-2-3-7-13(12)19)18(23)24-10-16-21-14-8-4-5-9-15(14)25-16/h2-9,11H,10H2,1H3,(H,20,22)/t11-/m0/s1. The van der Waals surface area contributed by atoms with Crippen molar-refractivity contribution in [1.82, 2.24) is 10.3 Å². The number of esters is 1. The molecular formula is C18H15ClN2O3S. The molecule has 1 amide bonds. The summed E-state index contributed by atoms with van der Waals surface area (Å²) in [6.07, 6.45) is 0. The summed E-state index contributed by atoms with van der Waals surface area (Å²) in [6, 6.07) is 13.6. The number of halogens is 1. The lowest BCUT2D eigenvalue weighted by Gasteiger charge is -2.13. The van der Waals surface area contributed by atoms with E-state index in [9.17, 15) is 9.59 Å². The van der Waals surface area contributed by atoms with Gasteiger partial charge in [-0.1, -0.05) is 35.9 Å². The third kappa shape index (κ3) is 4.15. The van der Waals surface area contributed by atoms with Crippen LogP contribution in [-0.4, -0.2) is 22.9 Å². The number of aromatic nitrogens is 1. The van der Waals surface area contributed by atoms with Crippen LogP contribution in [0, 0.1) is 0 Å². The summed E-state index contributed by atoms with van der Waals surface area (Å²) in [5.41, 5.74) is 1.19. The van der Waals surface area contributed by atoms with Crippen LogP contribution in [0.2, 0.25) is 5.02 Å². The maximum atomic E-state index is 12.2. The van der Waals surface area contributed by atoms with Crippen LogP contribution in [0.15, 0.2) is 48.5 Å².